The van der Waals surface area contributed by atoms with Crippen LogP contribution in [0.3, 0.4) is 0 Å². The van der Waals surface area contributed by atoms with Crippen LogP contribution in [0, 0.1) is 0 Å². The molecule has 1 N–H and O–H groups in total. The Morgan fingerprint density at radius 1 is 0.926 bits per heavy atom. The molecule has 0 heterocycles. The van der Waals surface area contributed by atoms with Crippen molar-refractivity contribution in [2.24, 2.45) is 0 Å². The topological polar surface area (TPSA) is 38.3 Å². The number of amides is 1. The van der Waals surface area contributed by atoms with Gasteiger partial charge in [-0.15, -0.1) is 0 Å². The fraction of sp³-hybridized carbons (Fsp3) is 0.125. The van der Waals surface area contributed by atoms with E-state index in [0.717, 1.165) is 16.7 Å². The van der Waals surface area contributed by atoms with E-state index in [4.69, 9.17) is 4.74 Å². The van der Waals surface area contributed by atoms with E-state index in [0.29, 0.717) is 0 Å². The van der Waals surface area contributed by atoms with E-state index in [1.165, 1.54) is 5.56 Å². The third kappa shape index (κ3) is 5.58. The lowest BCUT2D eigenvalue weighted by Crippen LogP contribution is -2.31. The molecular weight excluding hydrogens is 334 g/mol. The third-order valence-electron chi connectivity index (χ3n) is 4.17. The number of ether oxygens (including phenoxy) is 1. The summed E-state index contributed by atoms with van der Waals surface area (Å²) in [5.74, 6) is 0. The molecule has 0 fully saturated rings. The molecule has 0 aliphatic carbocycles. The molecule has 0 saturated heterocycles. The maximum absolute atomic E-state index is 12.0. The van der Waals surface area contributed by atoms with Gasteiger partial charge in [0.05, 0.1) is 0 Å². The van der Waals surface area contributed by atoms with Crippen molar-refractivity contribution in [1.29, 1.82) is 0 Å². The Morgan fingerprint density at radius 2 is 1.56 bits per heavy atom. The summed E-state index contributed by atoms with van der Waals surface area (Å²) in [5, 5.41) is 2.83. The van der Waals surface area contributed by atoms with Crippen molar-refractivity contribution in [2.45, 2.75) is 19.6 Å². The number of carbonyl (C=O) groups is 1. The van der Waals surface area contributed by atoms with Crippen LogP contribution in [-0.2, 0) is 11.3 Å². The molecule has 3 heteroatoms. The molecule has 27 heavy (non-hydrogen) atoms. The zero-order chi connectivity index (χ0) is 18.9. The number of carbonyl (C=O) groups excluding carboxylic acids is 1. The Morgan fingerprint density at radius 3 is 2.30 bits per heavy atom. The Hall–Kier alpha value is -3.33. The van der Waals surface area contributed by atoms with Gasteiger partial charge < -0.3 is 10.1 Å². The second-order valence-electron chi connectivity index (χ2n) is 6.31. The van der Waals surface area contributed by atoms with Gasteiger partial charge in [0.25, 0.3) is 0 Å². The van der Waals surface area contributed by atoms with Gasteiger partial charge in [-0.1, -0.05) is 97.1 Å². The molecule has 0 unspecified atom stereocenters. The number of benzene rings is 3. The summed E-state index contributed by atoms with van der Waals surface area (Å²) in [6.45, 7) is 2.19. The molecule has 0 aromatic heterocycles. The number of hydrogen-bond acceptors (Lipinski definition) is 2. The highest BCUT2D eigenvalue weighted by atomic mass is 16.5. The largest absolute Gasteiger partial charge is 0.445 e. The van der Waals surface area contributed by atoms with E-state index in [9.17, 15) is 4.79 Å². The molecule has 3 nitrogen and oxygen atoms in total. The van der Waals surface area contributed by atoms with Gasteiger partial charge in [0, 0.05) is 6.04 Å². The summed E-state index contributed by atoms with van der Waals surface area (Å²) >= 11 is 0. The molecule has 0 aliphatic rings. The van der Waals surface area contributed by atoms with Crippen molar-refractivity contribution >= 4 is 12.2 Å². The second-order valence-corrected chi connectivity index (χ2v) is 6.31. The minimum Gasteiger partial charge on any atom is -0.445 e. The van der Waals surface area contributed by atoms with Crippen LogP contribution in [0.15, 0.2) is 91.0 Å². The normalized spacial score (nSPS) is 11.9. The van der Waals surface area contributed by atoms with Crippen molar-refractivity contribution in [3.63, 3.8) is 0 Å². The van der Waals surface area contributed by atoms with Crippen LogP contribution in [0.5, 0.6) is 0 Å². The van der Waals surface area contributed by atoms with Crippen LogP contribution in [0.25, 0.3) is 17.2 Å². The summed E-state index contributed by atoms with van der Waals surface area (Å²) < 4.78 is 5.26. The standard InChI is InChI=1S/C24H23NO2/c1-19(25-24(26)27-18-20-10-4-2-5-11-20)16-17-22-14-8-9-15-23(22)21-12-6-3-7-13-21/h2-17,19H,18H2,1H3,(H,25,26)/b17-16+/t19-/m0/s1. The maximum Gasteiger partial charge on any atom is 0.407 e. The maximum atomic E-state index is 12.0. The van der Waals surface area contributed by atoms with Gasteiger partial charge in [-0.05, 0) is 29.2 Å². The first-order chi connectivity index (χ1) is 13.2. The Kier molecular flexibility index (Phi) is 6.42. The highest BCUT2D eigenvalue weighted by Gasteiger charge is 2.07. The van der Waals surface area contributed by atoms with Crippen molar-refractivity contribution in [2.75, 3.05) is 0 Å². The molecule has 0 spiro atoms. The number of rotatable bonds is 6. The van der Waals surface area contributed by atoms with E-state index in [2.05, 4.69) is 29.6 Å². The first-order valence-corrected chi connectivity index (χ1v) is 9.02. The first-order valence-electron chi connectivity index (χ1n) is 9.02. The summed E-state index contributed by atoms with van der Waals surface area (Å²) in [6.07, 6.45) is 3.57. The zero-order valence-corrected chi connectivity index (χ0v) is 15.3. The molecule has 1 amide bonds. The summed E-state index contributed by atoms with van der Waals surface area (Å²) in [5.41, 5.74) is 4.40. The summed E-state index contributed by atoms with van der Waals surface area (Å²) in [4.78, 5) is 12.0. The van der Waals surface area contributed by atoms with E-state index < -0.39 is 6.09 Å². The number of alkyl carbamates (subject to hydrolysis) is 1. The van der Waals surface area contributed by atoms with Gasteiger partial charge in [0.15, 0.2) is 0 Å². The van der Waals surface area contributed by atoms with Gasteiger partial charge in [-0.3, -0.25) is 0 Å². The summed E-state index contributed by atoms with van der Waals surface area (Å²) in [6, 6.07) is 28.0. The quantitative estimate of drug-likeness (QED) is 0.616. The smallest absolute Gasteiger partial charge is 0.407 e. The first kappa shape index (κ1) is 18.5. The predicted molar refractivity (Wildman–Crippen MR) is 110 cm³/mol. The van der Waals surface area contributed by atoms with Crippen LogP contribution in [0.2, 0.25) is 0 Å². The summed E-state index contributed by atoms with van der Waals surface area (Å²) in [7, 11) is 0. The fourth-order valence-corrected chi connectivity index (χ4v) is 2.77. The van der Waals surface area contributed by atoms with E-state index in [-0.39, 0.29) is 12.6 Å². The Bertz CT molecular complexity index is 889. The molecular formula is C24H23NO2. The fourth-order valence-electron chi connectivity index (χ4n) is 2.77. The Balaban J connectivity index is 1.59. The van der Waals surface area contributed by atoms with Crippen LogP contribution < -0.4 is 5.32 Å². The highest BCUT2D eigenvalue weighted by Crippen LogP contribution is 2.24. The molecule has 3 aromatic rings. The van der Waals surface area contributed by atoms with Gasteiger partial charge in [-0.2, -0.15) is 0 Å². The molecule has 0 radical (unpaired) electrons. The molecule has 0 aliphatic heterocycles. The van der Waals surface area contributed by atoms with Gasteiger partial charge in [0.2, 0.25) is 0 Å². The van der Waals surface area contributed by atoms with Crippen LogP contribution in [0.1, 0.15) is 18.1 Å². The average molecular weight is 357 g/mol. The average Bonchev–Trinajstić information content (AvgIpc) is 2.72. The van der Waals surface area contributed by atoms with Crippen LogP contribution >= 0.6 is 0 Å². The van der Waals surface area contributed by atoms with Crippen LogP contribution in [-0.4, -0.2) is 12.1 Å². The van der Waals surface area contributed by atoms with Crippen molar-refractivity contribution in [3.8, 4) is 11.1 Å². The SMILES string of the molecule is C[C@@H](/C=C/c1ccccc1-c1ccccc1)NC(=O)OCc1ccccc1. The molecule has 136 valence electrons. The molecule has 3 rings (SSSR count). The molecule has 0 saturated carbocycles. The van der Waals surface area contributed by atoms with Crippen LogP contribution in [0.4, 0.5) is 4.79 Å². The molecule has 1 atom stereocenters. The Labute approximate surface area is 160 Å². The van der Waals surface area contributed by atoms with E-state index in [1.54, 1.807) is 0 Å². The predicted octanol–water partition coefficient (Wildman–Crippen LogP) is 5.68. The number of hydrogen-bond donors (Lipinski definition) is 1. The minimum atomic E-state index is -0.424. The van der Waals surface area contributed by atoms with Crippen molar-refractivity contribution in [3.05, 3.63) is 102 Å². The lowest BCUT2D eigenvalue weighted by molar-refractivity contribution is 0.138. The van der Waals surface area contributed by atoms with E-state index in [1.807, 2.05) is 79.7 Å². The minimum absolute atomic E-state index is 0.142. The van der Waals surface area contributed by atoms with E-state index >= 15 is 0 Å². The second kappa shape index (κ2) is 9.39. The molecule has 0 bridgehead atoms. The zero-order valence-electron chi connectivity index (χ0n) is 15.3. The van der Waals surface area contributed by atoms with Gasteiger partial charge in [-0.25, -0.2) is 4.79 Å². The monoisotopic (exact) mass is 357 g/mol. The third-order valence-corrected chi connectivity index (χ3v) is 4.17. The van der Waals surface area contributed by atoms with Crippen molar-refractivity contribution in [1.82, 2.24) is 5.32 Å². The van der Waals surface area contributed by atoms with Crippen molar-refractivity contribution < 1.29 is 9.53 Å². The van der Waals surface area contributed by atoms with Gasteiger partial charge in [0.1, 0.15) is 6.61 Å². The molecule has 3 aromatic carbocycles. The lowest BCUT2D eigenvalue weighted by atomic mass is 9.99. The van der Waals surface area contributed by atoms with Gasteiger partial charge >= 0.3 is 6.09 Å². The highest BCUT2D eigenvalue weighted by molar-refractivity contribution is 5.75. The number of nitrogens with one attached hydrogen (secondary N) is 1. The lowest BCUT2D eigenvalue weighted by Gasteiger charge is -2.11.